The summed E-state index contributed by atoms with van der Waals surface area (Å²) >= 11 is 4.79. The molecule has 0 amide bonds. The molecule has 5 aromatic rings. The van der Waals surface area contributed by atoms with Crippen molar-refractivity contribution in [3.63, 3.8) is 0 Å². The van der Waals surface area contributed by atoms with Crippen LogP contribution in [-0.4, -0.2) is 19.9 Å². The van der Waals surface area contributed by atoms with Crippen LogP contribution in [-0.2, 0) is 0 Å². The average molecular weight is 451 g/mol. The first-order chi connectivity index (χ1) is 14.5. The summed E-state index contributed by atoms with van der Waals surface area (Å²) in [4.78, 5) is 32.7. The minimum atomic E-state index is -0.0991. The summed E-state index contributed by atoms with van der Waals surface area (Å²) in [6.07, 6.45) is 1.61. The third-order valence-corrected chi connectivity index (χ3v) is 8.25. The molecule has 150 valence electrons. The lowest BCUT2D eigenvalue weighted by Gasteiger charge is -2.11. The standard InChI is InChI=1S/C22H18N4OS3/c1-11-12(2)29-20-16(11)21(24-10-23-20)30-13(3)18-25-19(27)17-15(9-28-22(17)26-18)14-7-5-4-6-8-14/h4-10,13H,1-3H3,(H,25,26,27). The summed E-state index contributed by atoms with van der Waals surface area (Å²) in [5, 5.41) is 4.63. The summed E-state index contributed by atoms with van der Waals surface area (Å²) in [6.45, 7) is 6.26. The van der Waals surface area contributed by atoms with E-state index in [1.54, 1.807) is 29.4 Å². The predicted molar refractivity (Wildman–Crippen MR) is 127 cm³/mol. The number of aryl methyl sites for hydroxylation is 2. The maximum atomic E-state index is 13.0. The van der Waals surface area contributed by atoms with Crippen LogP contribution in [0.3, 0.4) is 0 Å². The van der Waals surface area contributed by atoms with E-state index in [4.69, 9.17) is 4.98 Å². The molecular formula is C22H18N4OS3. The Bertz CT molecular complexity index is 1440. The Balaban J connectivity index is 1.54. The lowest BCUT2D eigenvalue weighted by molar-refractivity contribution is 0.922. The molecule has 5 nitrogen and oxygen atoms in total. The molecule has 0 saturated heterocycles. The van der Waals surface area contributed by atoms with E-state index in [2.05, 4.69) is 28.8 Å². The van der Waals surface area contributed by atoms with Crippen molar-refractivity contribution in [2.24, 2.45) is 0 Å². The van der Waals surface area contributed by atoms with Crippen molar-refractivity contribution in [2.45, 2.75) is 31.0 Å². The van der Waals surface area contributed by atoms with Gasteiger partial charge in [-0.05, 0) is 31.9 Å². The highest BCUT2D eigenvalue weighted by molar-refractivity contribution is 7.99. The second kappa shape index (κ2) is 7.61. The van der Waals surface area contributed by atoms with Gasteiger partial charge in [-0.1, -0.05) is 42.1 Å². The van der Waals surface area contributed by atoms with Crippen LogP contribution in [0.4, 0.5) is 0 Å². The van der Waals surface area contributed by atoms with E-state index in [0.717, 1.165) is 31.2 Å². The van der Waals surface area contributed by atoms with Crippen molar-refractivity contribution >= 4 is 54.9 Å². The molecule has 1 aromatic carbocycles. The van der Waals surface area contributed by atoms with Crippen LogP contribution in [0, 0.1) is 13.8 Å². The fraction of sp³-hybridized carbons (Fsp3) is 0.182. The maximum absolute atomic E-state index is 13.0. The van der Waals surface area contributed by atoms with Crippen LogP contribution in [0.25, 0.3) is 31.6 Å². The van der Waals surface area contributed by atoms with E-state index in [1.807, 2.05) is 42.6 Å². The Hall–Kier alpha value is -2.55. The second-order valence-corrected chi connectivity index (χ2v) is 10.4. The quantitative estimate of drug-likeness (QED) is 0.263. The number of benzene rings is 1. The van der Waals surface area contributed by atoms with Crippen LogP contribution in [0.1, 0.15) is 28.4 Å². The van der Waals surface area contributed by atoms with Crippen LogP contribution < -0.4 is 5.56 Å². The smallest absolute Gasteiger partial charge is 0.260 e. The number of hydrogen-bond donors (Lipinski definition) is 1. The molecule has 4 aromatic heterocycles. The van der Waals surface area contributed by atoms with Crippen molar-refractivity contribution < 1.29 is 0 Å². The second-order valence-electron chi connectivity index (χ2n) is 7.05. The van der Waals surface area contributed by atoms with Gasteiger partial charge in [0.2, 0.25) is 0 Å². The molecule has 0 bridgehead atoms. The molecule has 8 heteroatoms. The minimum Gasteiger partial charge on any atom is -0.309 e. The zero-order chi connectivity index (χ0) is 20.8. The summed E-state index contributed by atoms with van der Waals surface area (Å²) < 4.78 is 0. The van der Waals surface area contributed by atoms with E-state index < -0.39 is 0 Å². The predicted octanol–water partition coefficient (Wildman–Crippen LogP) is 6.13. The maximum Gasteiger partial charge on any atom is 0.260 e. The molecule has 0 fully saturated rings. The number of H-pyrrole nitrogens is 1. The van der Waals surface area contributed by atoms with Gasteiger partial charge in [0.25, 0.3) is 5.56 Å². The van der Waals surface area contributed by atoms with Crippen molar-refractivity contribution in [3.05, 3.63) is 68.7 Å². The fourth-order valence-corrected chi connectivity index (χ4v) is 6.50. The van der Waals surface area contributed by atoms with Gasteiger partial charge in [-0.25, -0.2) is 15.0 Å². The van der Waals surface area contributed by atoms with Crippen molar-refractivity contribution in [3.8, 4) is 11.1 Å². The first-order valence-corrected chi connectivity index (χ1v) is 12.0. The molecule has 30 heavy (non-hydrogen) atoms. The lowest BCUT2D eigenvalue weighted by Crippen LogP contribution is -2.12. The molecule has 5 rings (SSSR count). The summed E-state index contributed by atoms with van der Waals surface area (Å²) in [5.41, 5.74) is 3.07. The van der Waals surface area contributed by atoms with Gasteiger partial charge in [-0.15, -0.1) is 22.7 Å². The molecular weight excluding hydrogens is 432 g/mol. The molecule has 0 radical (unpaired) electrons. The molecule has 1 unspecified atom stereocenters. The highest BCUT2D eigenvalue weighted by Crippen LogP contribution is 2.40. The van der Waals surface area contributed by atoms with Gasteiger partial charge in [0, 0.05) is 21.2 Å². The highest BCUT2D eigenvalue weighted by Gasteiger charge is 2.19. The lowest BCUT2D eigenvalue weighted by atomic mass is 10.1. The molecule has 0 aliphatic heterocycles. The number of thiophene rings is 2. The molecule has 1 atom stereocenters. The molecule has 0 aliphatic carbocycles. The number of hydrogen-bond acceptors (Lipinski definition) is 7. The van der Waals surface area contributed by atoms with Gasteiger partial charge in [0.05, 0.1) is 10.6 Å². The van der Waals surface area contributed by atoms with Gasteiger partial charge in [0.1, 0.15) is 26.8 Å². The zero-order valence-corrected chi connectivity index (χ0v) is 19.0. The van der Waals surface area contributed by atoms with E-state index in [9.17, 15) is 4.79 Å². The number of nitrogens with one attached hydrogen (secondary N) is 1. The Morgan fingerprint density at radius 1 is 1.07 bits per heavy atom. The van der Waals surface area contributed by atoms with Gasteiger partial charge >= 0.3 is 0 Å². The first-order valence-electron chi connectivity index (χ1n) is 9.47. The molecule has 0 aliphatic rings. The summed E-state index contributed by atoms with van der Waals surface area (Å²) in [5.74, 6) is 0.662. The third kappa shape index (κ3) is 3.25. The number of aromatic amines is 1. The van der Waals surface area contributed by atoms with Gasteiger partial charge in [-0.2, -0.15) is 0 Å². The normalized spacial score (nSPS) is 12.6. The highest BCUT2D eigenvalue weighted by atomic mass is 32.2. The van der Waals surface area contributed by atoms with Gasteiger partial charge < -0.3 is 4.98 Å². The number of nitrogens with zero attached hydrogens (tertiary/aromatic N) is 3. The number of fused-ring (bicyclic) bond motifs is 2. The summed E-state index contributed by atoms with van der Waals surface area (Å²) in [7, 11) is 0. The number of aromatic nitrogens is 4. The van der Waals surface area contributed by atoms with Crippen LogP contribution >= 0.6 is 34.4 Å². The Morgan fingerprint density at radius 3 is 2.67 bits per heavy atom. The largest absolute Gasteiger partial charge is 0.309 e. The Kier molecular flexibility index (Phi) is 4.92. The molecule has 0 saturated carbocycles. The van der Waals surface area contributed by atoms with Crippen LogP contribution in [0.2, 0.25) is 0 Å². The summed E-state index contributed by atoms with van der Waals surface area (Å²) in [6, 6.07) is 9.95. The van der Waals surface area contributed by atoms with E-state index in [1.165, 1.54) is 21.8 Å². The topological polar surface area (TPSA) is 71.5 Å². The van der Waals surface area contributed by atoms with Crippen LogP contribution in [0.15, 0.2) is 51.9 Å². The Labute approximate surface area is 185 Å². The van der Waals surface area contributed by atoms with Crippen molar-refractivity contribution in [1.82, 2.24) is 19.9 Å². The van der Waals surface area contributed by atoms with Crippen molar-refractivity contribution in [1.29, 1.82) is 0 Å². The third-order valence-electron chi connectivity index (χ3n) is 5.15. The van der Waals surface area contributed by atoms with E-state index >= 15 is 0 Å². The van der Waals surface area contributed by atoms with Gasteiger partial charge in [0.15, 0.2) is 0 Å². The molecule has 4 heterocycles. The van der Waals surface area contributed by atoms with Crippen molar-refractivity contribution in [2.75, 3.05) is 0 Å². The fourth-order valence-electron chi connectivity index (χ4n) is 3.45. The van der Waals surface area contributed by atoms with E-state index in [0.29, 0.717) is 11.2 Å². The first kappa shape index (κ1) is 19.4. The minimum absolute atomic E-state index is 0.0536. The van der Waals surface area contributed by atoms with Gasteiger partial charge in [-0.3, -0.25) is 4.79 Å². The van der Waals surface area contributed by atoms with E-state index in [-0.39, 0.29) is 10.8 Å². The average Bonchev–Trinajstić information content (AvgIpc) is 3.30. The Morgan fingerprint density at radius 2 is 1.87 bits per heavy atom. The van der Waals surface area contributed by atoms with Crippen LogP contribution in [0.5, 0.6) is 0 Å². The molecule has 1 N–H and O–H groups in total. The zero-order valence-electron chi connectivity index (χ0n) is 16.6. The number of rotatable bonds is 4. The number of thioether (sulfide) groups is 1. The SMILES string of the molecule is Cc1sc2ncnc(SC(C)c3nc4scc(-c5ccccc5)c4c(=O)[nH]3)c2c1C. The monoisotopic (exact) mass is 450 g/mol. The molecule has 0 spiro atoms.